The second kappa shape index (κ2) is 8.81. The summed E-state index contributed by atoms with van der Waals surface area (Å²) >= 11 is 6.12. The second-order valence-corrected chi connectivity index (χ2v) is 4.83. The van der Waals surface area contributed by atoms with E-state index in [1.165, 1.54) is 26.4 Å². The zero-order valence-corrected chi connectivity index (χ0v) is 12.3. The highest BCUT2D eigenvalue weighted by atomic mass is 35.5. The van der Waals surface area contributed by atoms with Crippen LogP contribution < -0.4 is 4.74 Å². The molecule has 1 aromatic rings. The molecule has 1 rings (SSSR count). The molecule has 0 aliphatic heterocycles. The number of methoxy groups -OCH3 is 1. The van der Waals surface area contributed by atoms with E-state index in [9.17, 15) is 4.79 Å². The van der Waals surface area contributed by atoms with Gasteiger partial charge < -0.3 is 9.47 Å². The highest BCUT2D eigenvalue weighted by Gasteiger charge is 2.07. The summed E-state index contributed by atoms with van der Waals surface area (Å²) in [5.74, 6) is 0.399. The molecule has 0 unspecified atom stereocenters. The molecule has 0 saturated carbocycles. The van der Waals surface area contributed by atoms with Gasteiger partial charge in [-0.05, 0) is 24.1 Å². The van der Waals surface area contributed by atoms with Crippen molar-refractivity contribution in [1.82, 2.24) is 0 Å². The highest BCUT2D eigenvalue weighted by Crippen LogP contribution is 2.26. The summed E-state index contributed by atoms with van der Waals surface area (Å²) in [6.45, 7) is 2.85. The van der Waals surface area contributed by atoms with Crippen LogP contribution in [-0.2, 0) is 16.0 Å². The SMILES string of the molecule is CCCCCCOc1ccc(CC(=O)OC)cc1Cl. The number of esters is 1. The number of carbonyl (C=O) groups is 1. The average molecular weight is 285 g/mol. The Bertz CT molecular complexity index is 404. The van der Waals surface area contributed by atoms with Crippen LogP contribution in [0, 0.1) is 0 Å². The summed E-state index contributed by atoms with van der Waals surface area (Å²) in [6, 6.07) is 5.39. The summed E-state index contributed by atoms with van der Waals surface area (Å²) < 4.78 is 10.2. The Morgan fingerprint density at radius 3 is 2.68 bits per heavy atom. The van der Waals surface area contributed by atoms with E-state index < -0.39 is 0 Å². The van der Waals surface area contributed by atoms with E-state index in [0.29, 0.717) is 17.4 Å². The number of hydrogen-bond donors (Lipinski definition) is 0. The van der Waals surface area contributed by atoms with Crippen molar-refractivity contribution in [3.8, 4) is 5.75 Å². The van der Waals surface area contributed by atoms with E-state index in [2.05, 4.69) is 11.7 Å². The van der Waals surface area contributed by atoms with E-state index in [1.807, 2.05) is 6.07 Å². The maximum Gasteiger partial charge on any atom is 0.309 e. The molecule has 0 saturated heterocycles. The van der Waals surface area contributed by atoms with Crippen LogP contribution in [0.3, 0.4) is 0 Å². The smallest absolute Gasteiger partial charge is 0.309 e. The lowest BCUT2D eigenvalue weighted by molar-refractivity contribution is -0.139. The van der Waals surface area contributed by atoms with Crippen LogP contribution in [0.4, 0.5) is 0 Å². The first-order valence-electron chi connectivity index (χ1n) is 6.65. The summed E-state index contributed by atoms with van der Waals surface area (Å²) in [5, 5.41) is 0.539. The third kappa shape index (κ3) is 5.97. The lowest BCUT2D eigenvalue weighted by Crippen LogP contribution is -2.04. The molecule has 4 heteroatoms. The first kappa shape index (κ1) is 15.8. The van der Waals surface area contributed by atoms with Gasteiger partial charge in [0.2, 0.25) is 0 Å². The van der Waals surface area contributed by atoms with Crippen molar-refractivity contribution < 1.29 is 14.3 Å². The molecule has 19 heavy (non-hydrogen) atoms. The molecular weight excluding hydrogens is 264 g/mol. The predicted molar refractivity (Wildman–Crippen MR) is 76.8 cm³/mol. The molecule has 0 atom stereocenters. The summed E-state index contributed by atoms with van der Waals surface area (Å²) in [6.07, 6.45) is 4.88. The second-order valence-electron chi connectivity index (χ2n) is 4.43. The first-order chi connectivity index (χ1) is 9.17. The molecule has 0 heterocycles. The van der Waals surface area contributed by atoms with Gasteiger partial charge in [0.15, 0.2) is 0 Å². The van der Waals surface area contributed by atoms with E-state index in [1.54, 1.807) is 12.1 Å². The summed E-state index contributed by atoms with van der Waals surface area (Å²) in [5.41, 5.74) is 0.829. The van der Waals surface area contributed by atoms with Crippen molar-refractivity contribution in [2.45, 2.75) is 39.0 Å². The molecule has 0 N–H and O–H groups in total. The zero-order chi connectivity index (χ0) is 14.1. The largest absolute Gasteiger partial charge is 0.492 e. The maximum atomic E-state index is 11.2. The number of unbranched alkanes of at least 4 members (excludes halogenated alkanes) is 3. The molecule has 0 bridgehead atoms. The van der Waals surface area contributed by atoms with Gasteiger partial charge in [0, 0.05) is 0 Å². The van der Waals surface area contributed by atoms with Gasteiger partial charge in [-0.15, -0.1) is 0 Å². The van der Waals surface area contributed by atoms with Crippen molar-refractivity contribution in [1.29, 1.82) is 0 Å². The van der Waals surface area contributed by atoms with E-state index >= 15 is 0 Å². The number of rotatable bonds is 8. The van der Waals surface area contributed by atoms with Crippen molar-refractivity contribution in [3.63, 3.8) is 0 Å². The van der Waals surface area contributed by atoms with Gasteiger partial charge in [0.05, 0.1) is 25.2 Å². The normalized spacial score (nSPS) is 10.3. The van der Waals surface area contributed by atoms with Crippen LogP contribution in [0.1, 0.15) is 38.2 Å². The number of halogens is 1. The van der Waals surface area contributed by atoms with Crippen LogP contribution in [0.15, 0.2) is 18.2 Å². The van der Waals surface area contributed by atoms with Gasteiger partial charge in [-0.25, -0.2) is 0 Å². The number of carbonyl (C=O) groups excluding carboxylic acids is 1. The lowest BCUT2D eigenvalue weighted by Gasteiger charge is -2.09. The Labute approximate surface area is 119 Å². The number of ether oxygens (including phenoxy) is 2. The highest BCUT2D eigenvalue weighted by molar-refractivity contribution is 6.32. The van der Waals surface area contributed by atoms with Crippen LogP contribution in [0.25, 0.3) is 0 Å². The van der Waals surface area contributed by atoms with Gasteiger partial charge in [-0.2, -0.15) is 0 Å². The van der Waals surface area contributed by atoms with Crippen molar-refractivity contribution >= 4 is 17.6 Å². The molecule has 0 aliphatic carbocycles. The van der Waals surface area contributed by atoms with Crippen LogP contribution >= 0.6 is 11.6 Å². The lowest BCUT2D eigenvalue weighted by atomic mass is 10.1. The molecule has 0 aliphatic rings. The van der Waals surface area contributed by atoms with Crippen LogP contribution in [-0.4, -0.2) is 19.7 Å². The molecule has 0 radical (unpaired) electrons. The minimum atomic E-state index is -0.274. The Hall–Kier alpha value is -1.22. The quantitative estimate of drug-likeness (QED) is 0.534. The molecule has 0 aromatic heterocycles. The fraction of sp³-hybridized carbons (Fsp3) is 0.533. The molecule has 106 valence electrons. The zero-order valence-electron chi connectivity index (χ0n) is 11.6. The average Bonchev–Trinajstić information content (AvgIpc) is 2.40. The molecule has 0 fully saturated rings. The Morgan fingerprint density at radius 1 is 1.26 bits per heavy atom. The number of hydrogen-bond acceptors (Lipinski definition) is 3. The van der Waals surface area contributed by atoms with Crippen molar-refractivity contribution in [2.24, 2.45) is 0 Å². The fourth-order valence-corrected chi connectivity index (χ4v) is 1.98. The monoisotopic (exact) mass is 284 g/mol. The van der Waals surface area contributed by atoms with Crippen molar-refractivity contribution in [2.75, 3.05) is 13.7 Å². The van der Waals surface area contributed by atoms with E-state index in [-0.39, 0.29) is 12.4 Å². The van der Waals surface area contributed by atoms with Crippen LogP contribution in [0.2, 0.25) is 5.02 Å². The standard InChI is InChI=1S/C15H21ClO3/c1-3-4-5-6-9-19-14-8-7-12(10-13(14)16)11-15(17)18-2/h7-8,10H,3-6,9,11H2,1-2H3. The molecule has 1 aromatic carbocycles. The first-order valence-corrected chi connectivity index (χ1v) is 7.03. The summed E-state index contributed by atoms with van der Waals surface area (Å²) in [4.78, 5) is 11.2. The molecule has 0 amide bonds. The molecule has 0 spiro atoms. The van der Waals surface area contributed by atoms with E-state index in [4.69, 9.17) is 16.3 Å². The minimum absolute atomic E-state index is 0.229. The van der Waals surface area contributed by atoms with Gasteiger partial charge in [-0.3, -0.25) is 4.79 Å². The van der Waals surface area contributed by atoms with Crippen LogP contribution in [0.5, 0.6) is 5.75 Å². The maximum absolute atomic E-state index is 11.2. The van der Waals surface area contributed by atoms with Gasteiger partial charge >= 0.3 is 5.97 Å². The molecule has 3 nitrogen and oxygen atoms in total. The Morgan fingerprint density at radius 2 is 2.05 bits per heavy atom. The predicted octanol–water partition coefficient (Wildman–Crippen LogP) is 4.01. The molecular formula is C15H21ClO3. The van der Waals surface area contributed by atoms with E-state index in [0.717, 1.165) is 12.0 Å². The van der Waals surface area contributed by atoms with Gasteiger partial charge in [0.25, 0.3) is 0 Å². The third-order valence-corrected chi connectivity index (χ3v) is 3.12. The topological polar surface area (TPSA) is 35.5 Å². The fourth-order valence-electron chi connectivity index (χ4n) is 1.72. The summed E-state index contributed by atoms with van der Waals surface area (Å²) in [7, 11) is 1.37. The van der Waals surface area contributed by atoms with Gasteiger partial charge in [-0.1, -0.05) is 43.9 Å². The Balaban J connectivity index is 2.45. The van der Waals surface area contributed by atoms with Gasteiger partial charge in [0.1, 0.15) is 5.75 Å². The minimum Gasteiger partial charge on any atom is -0.492 e. The van der Waals surface area contributed by atoms with Crippen molar-refractivity contribution in [3.05, 3.63) is 28.8 Å². The third-order valence-electron chi connectivity index (χ3n) is 2.83. The number of benzene rings is 1. The Kier molecular flexibility index (Phi) is 7.34.